The first-order valence-corrected chi connectivity index (χ1v) is 3.48. The van der Waals surface area contributed by atoms with E-state index < -0.39 is 0 Å². The molecule has 0 unspecified atom stereocenters. The lowest BCUT2D eigenvalue weighted by Gasteiger charge is -2.00. The predicted molar refractivity (Wildman–Crippen MR) is 43.4 cm³/mol. The molecule has 0 fully saturated rings. The van der Waals surface area contributed by atoms with E-state index in [4.69, 9.17) is 10.8 Å². The van der Waals surface area contributed by atoms with E-state index in [0.717, 1.165) is 5.01 Å². The van der Waals surface area contributed by atoms with Gasteiger partial charge in [0, 0.05) is 11.6 Å². The maximum Gasteiger partial charge on any atom is 0.112 e. The highest BCUT2D eigenvalue weighted by Crippen LogP contribution is 2.11. The first kappa shape index (κ1) is 9.84. The van der Waals surface area contributed by atoms with E-state index in [2.05, 4.69) is 4.98 Å². The quantitative estimate of drug-likeness (QED) is 0.699. The first-order valence-electron chi connectivity index (χ1n) is 2.60. The maximum absolute atomic E-state index is 8.55. The molecule has 1 aromatic rings. The molecule has 1 heterocycles. The zero-order valence-corrected chi connectivity index (χ0v) is 6.86. The topological polar surface area (TPSA) is 59.1 Å². The number of aliphatic hydroxyl groups excluding tert-OH is 1. The Labute approximate surface area is 69.3 Å². The van der Waals surface area contributed by atoms with Crippen molar-refractivity contribution in [2.45, 2.75) is 6.04 Å². The zero-order valence-electron chi connectivity index (χ0n) is 5.23. The fourth-order valence-corrected chi connectivity index (χ4v) is 1.13. The van der Waals surface area contributed by atoms with Crippen molar-refractivity contribution in [3.8, 4) is 0 Å². The Morgan fingerprint density at radius 1 is 1.80 bits per heavy atom. The molecule has 1 atom stereocenters. The average Bonchev–Trinajstić information content (AvgIpc) is 2.37. The Balaban J connectivity index is 0.000000810. The molecule has 0 aliphatic carbocycles. The van der Waals surface area contributed by atoms with Crippen LogP contribution in [0.3, 0.4) is 0 Å². The Kier molecular flexibility index (Phi) is 4.55. The summed E-state index contributed by atoms with van der Waals surface area (Å²) in [5, 5.41) is 11.2. The third-order valence-corrected chi connectivity index (χ3v) is 1.87. The van der Waals surface area contributed by atoms with Gasteiger partial charge in [0.2, 0.25) is 0 Å². The van der Waals surface area contributed by atoms with Crippen molar-refractivity contribution >= 4 is 23.7 Å². The normalized spacial score (nSPS) is 12.2. The van der Waals surface area contributed by atoms with Crippen molar-refractivity contribution in [2.24, 2.45) is 5.73 Å². The molecule has 0 amide bonds. The number of rotatable bonds is 2. The summed E-state index contributed by atoms with van der Waals surface area (Å²) < 4.78 is 0. The summed E-state index contributed by atoms with van der Waals surface area (Å²) in [6.45, 7) is -0.0342. The highest BCUT2D eigenvalue weighted by atomic mass is 35.5. The lowest BCUT2D eigenvalue weighted by Crippen LogP contribution is -2.13. The van der Waals surface area contributed by atoms with Crippen LogP contribution in [0.1, 0.15) is 11.0 Å². The van der Waals surface area contributed by atoms with E-state index in [0.29, 0.717) is 0 Å². The van der Waals surface area contributed by atoms with Gasteiger partial charge >= 0.3 is 0 Å². The van der Waals surface area contributed by atoms with Crippen molar-refractivity contribution in [1.82, 2.24) is 4.98 Å². The van der Waals surface area contributed by atoms with E-state index in [9.17, 15) is 0 Å². The summed E-state index contributed by atoms with van der Waals surface area (Å²) in [7, 11) is 0. The molecular formula is C5H9ClN2OS. The second kappa shape index (κ2) is 4.62. The van der Waals surface area contributed by atoms with Gasteiger partial charge < -0.3 is 10.8 Å². The monoisotopic (exact) mass is 180 g/mol. The van der Waals surface area contributed by atoms with Gasteiger partial charge in [0.1, 0.15) is 5.01 Å². The number of nitrogens with two attached hydrogens (primary N) is 1. The SMILES string of the molecule is Cl.N[C@@H](CO)c1nccs1. The summed E-state index contributed by atoms with van der Waals surface area (Å²) in [6.07, 6.45) is 1.68. The highest BCUT2D eigenvalue weighted by molar-refractivity contribution is 7.09. The molecule has 0 aromatic carbocycles. The number of halogens is 1. The molecule has 0 saturated heterocycles. The summed E-state index contributed by atoms with van der Waals surface area (Å²) in [5.74, 6) is 0. The minimum atomic E-state index is -0.301. The van der Waals surface area contributed by atoms with E-state index >= 15 is 0 Å². The number of aromatic nitrogens is 1. The van der Waals surface area contributed by atoms with Crippen LogP contribution in [0, 0.1) is 0 Å². The number of nitrogens with zero attached hydrogens (tertiary/aromatic N) is 1. The van der Waals surface area contributed by atoms with Gasteiger partial charge in [-0.25, -0.2) is 4.98 Å². The molecule has 10 heavy (non-hydrogen) atoms. The van der Waals surface area contributed by atoms with Crippen molar-refractivity contribution in [2.75, 3.05) is 6.61 Å². The average molecular weight is 181 g/mol. The van der Waals surface area contributed by atoms with Gasteiger partial charge in [-0.2, -0.15) is 0 Å². The minimum absolute atomic E-state index is 0. The number of hydrogen-bond acceptors (Lipinski definition) is 4. The Hall–Kier alpha value is -0.160. The van der Waals surface area contributed by atoms with Crippen molar-refractivity contribution < 1.29 is 5.11 Å². The van der Waals surface area contributed by atoms with E-state index in [1.807, 2.05) is 5.38 Å². The molecule has 0 aliphatic heterocycles. The smallest absolute Gasteiger partial charge is 0.112 e. The molecule has 58 valence electrons. The van der Waals surface area contributed by atoms with E-state index in [1.54, 1.807) is 6.20 Å². The fraction of sp³-hybridized carbons (Fsp3) is 0.400. The molecule has 1 rings (SSSR count). The fourth-order valence-electron chi connectivity index (χ4n) is 0.496. The summed E-state index contributed by atoms with van der Waals surface area (Å²) in [4.78, 5) is 3.92. The molecule has 0 bridgehead atoms. The van der Waals surface area contributed by atoms with Gasteiger partial charge in [0.15, 0.2) is 0 Å². The van der Waals surface area contributed by atoms with Gasteiger partial charge in [-0.15, -0.1) is 23.7 Å². The van der Waals surface area contributed by atoms with Gasteiger partial charge in [-0.3, -0.25) is 0 Å². The Morgan fingerprint density at radius 3 is 2.90 bits per heavy atom. The Bertz CT molecular complexity index is 168. The van der Waals surface area contributed by atoms with Crippen molar-refractivity contribution in [1.29, 1.82) is 0 Å². The molecule has 0 radical (unpaired) electrons. The molecule has 0 spiro atoms. The number of hydrogen-bond donors (Lipinski definition) is 2. The molecule has 3 N–H and O–H groups in total. The lowest BCUT2D eigenvalue weighted by atomic mass is 10.4. The summed E-state index contributed by atoms with van der Waals surface area (Å²) in [6, 6.07) is -0.301. The van der Waals surface area contributed by atoms with Crippen LogP contribution >= 0.6 is 23.7 Å². The lowest BCUT2D eigenvalue weighted by molar-refractivity contribution is 0.267. The number of thiazole rings is 1. The van der Waals surface area contributed by atoms with Crippen LogP contribution in [0.25, 0.3) is 0 Å². The third kappa shape index (κ3) is 2.22. The van der Waals surface area contributed by atoms with E-state index in [-0.39, 0.29) is 25.1 Å². The largest absolute Gasteiger partial charge is 0.394 e. The first-order chi connectivity index (χ1) is 4.34. The van der Waals surface area contributed by atoms with Crippen LogP contribution < -0.4 is 5.73 Å². The second-order valence-corrected chi connectivity index (χ2v) is 2.59. The van der Waals surface area contributed by atoms with Crippen LogP contribution in [0.5, 0.6) is 0 Å². The van der Waals surface area contributed by atoms with E-state index in [1.165, 1.54) is 11.3 Å². The van der Waals surface area contributed by atoms with Gasteiger partial charge in [-0.1, -0.05) is 0 Å². The van der Waals surface area contributed by atoms with Crippen molar-refractivity contribution in [3.63, 3.8) is 0 Å². The maximum atomic E-state index is 8.55. The van der Waals surface area contributed by atoms with Crippen LogP contribution in [-0.2, 0) is 0 Å². The number of aliphatic hydroxyl groups is 1. The summed E-state index contributed by atoms with van der Waals surface area (Å²) >= 11 is 1.46. The molecule has 3 nitrogen and oxygen atoms in total. The van der Waals surface area contributed by atoms with Crippen LogP contribution in [0.2, 0.25) is 0 Å². The van der Waals surface area contributed by atoms with Crippen LogP contribution in [0.15, 0.2) is 11.6 Å². The minimum Gasteiger partial charge on any atom is -0.394 e. The van der Waals surface area contributed by atoms with Gasteiger partial charge in [0.05, 0.1) is 12.6 Å². The zero-order chi connectivity index (χ0) is 6.69. The van der Waals surface area contributed by atoms with Crippen molar-refractivity contribution in [3.05, 3.63) is 16.6 Å². The Morgan fingerprint density at radius 2 is 2.50 bits per heavy atom. The predicted octanol–water partition coefficient (Wildman–Crippen LogP) is 0.557. The molecule has 0 aliphatic rings. The second-order valence-electron chi connectivity index (χ2n) is 1.66. The van der Waals surface area contributed by atoms with Gasteiger partial charge in [-0.05, 0) is 0 Å². The summed E-state index contributed by atoms with van der Waals surface area (Å²) in [5.41, 5.74) is 5.44. The molecule has 0 saturated carbocycles. The molecule has 1 aromatic heterocycles. The van der Waals surface area contributed by atoms with Crippen LogP contribution in [0.4, 0.5) is 0 Å². The van der Waals surface area contributed by atoms with Crippen LogP contribution in [-0.4, -0.2) is 16.7 Å². The van der Waals surface area contributed by atoms with Gasteiger partial charge in [0.25, 0.3) is 0 Å². The standard InChI is InChI=1S/C5H8N2OS.ClH/c6-4(3-8)5-7-1-2-9-5;/h1-2,4,8H,3,6H2;1H/t4-;/m0./s1. The molecular weight excluding hydrogens is 172 g/mol. The third-order valence-electron chi connectivity index (χ3n) is 0.965. The highest BCUT2D eigenvalue weighted by Gasteiger charge is 2.04. The molecule has 5 heteroatoms.